The zero-order valence-corrected chi connectivity index (χ0v) is 19.3. The van der Waals surface area contributed by atoms with Crippen LogP contribution in [0, 0.1) is 5.92 Å². The Morgan fingerprint density at radius 1 is 1.30 bits per heavy atom. The van der Waals surface area contributed by atoms with Gasteiger partial charge in [-0.05, 0) is 37.0 Å². The van der Waals surface area contributed by atoms with E-state index in [1.54, 1.807) is 0 Å². The second-order valence-corrected chi connectivity index (χ2v) is 7.85. The number of nitrogens with zero attached hydrogens (tertiary/aromatic N) is 2. The molecule has 5 nitrogen and oxygen atoms in total. The van der Waals surface area contributed by atoms with Crippen molar-refractivity contribution in [3.8, 4) is 0 Å². The van der Waals surface area contributed by atoms with Crippen molar-refractivity contribution in [2.45, 2.75) is 24.7 Å². The van der Waals surface area contributed by atoms with Gasteiger partial charge in [0.05, 0.1) is 6.61 Å². The topological polar surface area (TPSA) is 46.1 Å². The average Bonchev–Trinajstić information content (AvgIpc) is 3.16. The summed E-state index contributed by atoms with van der Waals surface area (Å²) >= 11 is 6.27. The highest BCUT2D eigenvalue weighted by molar-refractivity contribution is 14.0. The summed E-state index contributed by atoms with van der Waals surface area (Å²) in [6.45, 7) is 5.08. The number of ether oxygens (including phenoxy) is 2. The molecule has 2 saturated heterocycles. The van der Waals surface area contributed by atoms with Crippen molar-refractivity contribution in [2.75, 3.05) is 53.6 Å². The Kier molecular flexibility index (Phi) is 9.11. The van der Waals surface area contributed by atoms with Crippen LogP contribution >= 0.6 is 35.6 Å². The van der Waals surface area contributed by atoms with Crippen LogP contribution in [0.2, 0.25) is 5.02 Å². The number of nitrogens with one attached hydrogen (secondary N) is 1. The van der Waals surface area contributed by atoms with Gasteiger partial charge in [-0.25, -0.2) is 0 Å². The third kappa shape index (κ3) is 5.95. The van der Waals surface area contributed by atoms with Crippen molar-refractivity contribution in [3.05, 3.63) is 34.9 Å². The smallest absolute Gasteiger partial charge is 0.193 e. The lowest BCUT2D eigenvalue weighted by atomic mass is 9.74. The molecule has 2 aliphatic rings. The lowest BCUT2D eigenvalue weighted by Gasteiger charge is -2.39. The van der Waals surface area contributed by atoms with Crippen LogP contribution in [0.3, 0.4) is 0 Å². The molecule has 1 unspecified atom stereocenters. The first-order valence-electron chi connectivity index (χ1n) is 9.46. The molecule has 0 spiro atoms. The Bertz CT molecular complexity index is 617. The molecule has 1 atom stereocenters. The summed E-state index contributed by atoms with van der Waals surface area (Å²) in [6.07, 6.45) is 3.10. The minimum atomic E-state index is 0. The van der Waals surface area contributed by atoms with E-state index in [1.165, 1.54) is 5.56 Å². The van der Waals surface area contributed by atoms with Crippen LogP contribution in [-0.2, 0) is 14.9 Å². The van der Waals surface area contributed by atoms with Crippen molar-refractivity contribution in [1.82, 2.24) is 10.2 Å². The molecule has 152 valence electrons. The van der Waals surface area contributed by atoms with Gasteiger partial charge in [0, 0.05) is 63.4 Å². The Hall–Kier alpha value is -0.570. The third-order valence-corrected chi connectivity index (χ3v) is 5.84. The molecular formula is C20H31ClIN3O2. The monoisotopic (exact) mass is 507 g/mol. The van der Waals surface area contributed by atoms with Crippen LogP contribution in [0.5, 0.6) is 0 Å². The summed E-state index contributed by atoms with van der Waals surface area (Å²) < 4.78 is 11.1. The van der Waals surface area contributed by atoms with E-state index < -0.39 is 0 Å². The van der Waals surface area contributed by atoms with Crippen LogP contribution in [0.25, 0.3) is 0 Å². The molecule has 1 aromatic carbocycles. The maximum Gasteiger partial charge on any atom is 0.193 e. The quantitative estimate of drug-likeness (QED) is 0.376. The van der Waals surface area contributed by atoms with Gasteiger partial charge >= 0.3 is 0 Å². The molecule has 0 amide bonds. The molecule has 7 heteroatoms. The van der Waals surface area contributed by atoms with Crippen molar-refractivity contribution in [2.24, 2.45) is 10.9 Å². The summed E-state index contributed by atoms with van der Waals surface area (Å²) in [5.74, 6) is 1.52. The fraction of sp³-hybridized carbons (Fsp3) is 0.650. The van der Waals surface area contributed by atoms with Crippen LogP contribution in [0.15, 0.2) is 29.3 Å². The molecule has 2 heterocycles. The van der Waals surface area contributed by atoms with Crippen LogP contribution < -0.4 is 5.32 Å². The Labute approximate surface area is 184 Å². The standard InChI is InChI=1S/C20H30ClN3O2.HI/c1-22-19(24(2)13-16-6-9-26-14-16)23-15-20(7-10-25-11-8-20)17-4-3-5-18(21)12-17;/h3-5,12,16H,6-11,13-15H2,1-2H3,(H,22,23);1H. The molecule has 2 aliphatic heterocycles. The Morgan fingerprint density at radius 3 is 2.70 bits per heavy atom. The highest BCUT2D eigenvalue weighted by Gasteiger charge is 2.35. The van der Waals surface area contributed by atoms with E-state index in [4.69, 9.17) is 21.1 Å². The first-order chi connectivity index (χ1) is 12.6. The minimum absolute atomic E-state index is 0. The Balaban J connectivity index is 0.00000261. The summed E-state index contributed by atoms with van der Waals surface area (Å²) in [7, 11) is 3.95. The highest BCUT2D eigenvalue weighted by atomic mass is 127. The van der Waals surface area contributed by atoms with E-state index in [-0.39, 0.29) is 29.4 Å². The summed E-state index contributed by atoms with van der Waals surface area (Å²) in [4.78, 5) is 6.70. The molecule has 0 bridgehead atoms. The molecule has 0 saturated carbocycles. The fourth-order valence-corrected chi connectivity index (χ4v) is 4.17. The first kappa shape index (κ1) is 22.7. The lowest BCUT2D eigenvalue weighted by Crippen LogP contribution is -2.49. The molecular weight excluding hydrogens is 477 g/mol. The summed E-state index contributed by atoms with van der Waals surface area (Å²) in [5, 5.41) is 4.40. The maximum atomic E-state index is 6.27. The van der Waals surface area contributed by atoms with Crippen LogP contribution in [0.4, 0.5) is 0 Å². The maximum absolute atomic E-state index is 6.27. The summed E-state index contributed by atoms with van der Waals surface area (Å²) in [6, 6.07) is 8.25. The number of hydrogen-bond acceptors (Lipinski definition) is 3. The van der Waals surface area contributed by atoms with E-state index in [2.05, 4.69) is 34.4 Å². The SMILES string of the molecule is CN=C(NCC1(c2cccc(Cl)c2)CCOCC1)N(C)CC1CCOC1.I. The molecule has 27 heavy (non-hydrogen) atoms. The second-order valence-electron chi connectivity index (χ2n) is 7.41. The van der Waals surface area contributed by atoms with Crippen LogP contribution in [0.1, 0.15) is 24.8 Å². The molecule has 2 fully saturated rings. The van der Waals surface area contributed by atoms with Crippen molar-refractivity contribution in [1.29, 1.82) is 0 Å². The van der Waals surface area contributed by atoms with Gasteiger partial charge in [0.2, 0.25) is 0 Å². The van der Waals surface area contributed by atoms with Gasteiger partial charge in [-0.1, -0.05) is 23.7 Å². The van der Waals surface area contributed by atoms with Gasteiger partial charge in [-0.3, -0.25) is 4.99 Å². The zero-order chi connectivity index (χ0) is 18.4. The molecule has 0 aliphatic carbocycles. The second kappa shape index (κ2) is 10.8. The normalized spacial score (nSPS) is 22.2. The zero-order valence-electron chi connectivity index (χ0n) is 16.2. The van der Waals surface area contributed by atoms with Crippen molar-refractivity contribution >= 4 is 41.5 Å². The highest BCUT2D eigenvalue weighted by Crippen LogP contribution is 2.35. The predicted molar refractivity (Wildman–Crippen MR) is 122 cm³/mol. The largest absolute Gasteiger partial charge is 0.381 e. The number of benzene rings is 1. The van der Waals surface area contributed by atoms with Gasteiger partial charge in [-0.2, -0.15) is 0 Å². The molecule has 1 aromatic rings. The van der Waals surface area contributed by atoms with Crippen molar-refractivity contribution in [3.63, 3.8) is 0 Å². The van der Waals surface area contributed by atoms with Gasteiger partial charge in [0.1, 0.15) is 0 Å². The van der Waals surface area contributed by atoms with E-state index in [0.717, 1.165) is 69.8 Å². The first-order valence-corrected chi connectivity index (χ1v) is 9.84. The number of aliphatic imine (C=N–C) groups is 1. The van der Waals surface area contributed by atoms with E-state index in [9.17, 15) is 0 Å². The van der Waals surface area contributed by atoms with Gasteiger partial charge in [0.25, 0.3) is 0 Å². The Morgan fingerprint density at radius 2 is 2.07 bits per heavy atom. The molecule has 1 N–H and O–H groups in total. The van der Waals surface area contributed by atoms with Gasteiger partial charge in [0.15, 0.2) is 5.96 Å². The summed E-state index contributed by atoms with van der Waals surface area (Å²) in [5.41, 5.74) is 1.30. The van der Waals surface area contributed by atoms with Gasteiger partial charge in [-0.15, -0.1) is 24.0 Å². The van der Waals surface area contributed by atoms with Crippen LogP contribution in [-0.4, -0.2) is 64.5 Å². The third-order valence-electron chi connectivity index (χ3n) is 5.60. The lowest BCUT2D eigenvalue weighted by molar-refractivity contribution is 0.0512. The van der Waals surface area contributed by atoms with E-state index >= 15 is 0 Å². The fourth-order valence-electron chi connectivity index (χ4n) is 3.98. The number of halogens is 2. The molecule has 0 aromatic heterocycles. The van der Waals surface area contributed by atoms with E-state index in [1.807, 2.05) is 19.2 Å². The number of rotatable bonds is 5. The van der Waals surface area contributed by atoms with Crippen molar-refractivity contribution < 1.29 is 9.47 Å². The molecule has 3 rings (SSSR count). The minimum Gasteiger partial charge on any atom is -0.381 e. The molecule has 0 radical (unpaired) electrons. The predicted octanol–water partition coefficient (Wildman–Crippen LogP) is 3.55. The number of hydrogen-bond donors (Lipinski definition) is 1. The van der Waals surface area contributed by atoms with E-state index in [0.29, 0.717) is 5.92 Å². The van der Waals surface area contributed by atoms with Gasteiger partial charge < -0.3 is 19.7 Å². The average molecular weight is 508 g/mol. The number of guanidine groups is 1.